The molecule has 126 valence electrons. The second-order valence-electron chi connectivity index (χ2n) is 5.56. The SMILES string of the molecule is CCOC(=O)c1ccc2nc(-n3cc4ccc(OC)cc4c3)sc2c1. The number of carbonyl (C=O) groups excluding carboxylic acids is 1. The summed E-state index contributed by atoms with van der Waals surface area (Å²) in [5, 5.41) is 3.06. The van der Waals surface area contributed by atoms with Gasteiger partial charge in [-0.2, -0.15) is 0 Å². The lowest BCUT2D eigenvalue weighted by atomic mass is 10.2. The molecular formula is C19H16N2O3S. The van der Waals surface area contributed by atoms with Gasteiger partial charge in [0.15, 0.2) is 5.13 Å². The van der Waals surface area contributed by atoms with Gasteiger partial charge in [0.1, 0.15) is 5.75 Å². The van der Waals surface area contributed by atoms with Crippen molar-refractivity contribution in [1.29, 1.82) is 0 Å². The van der Waals surface area contributed by atoms with E-state index >= 15 is 0 Å². The standard InChI is InChI=1S/C19H16N2O3S/c1-3-24-18(22)12-5-7-16-17(9-12)25-19(20-16)21-10-13-4-6-15(23-2)8-14(13)11-21/h4-11H,3H2,1-2H3. The third-order valence-corrected chi connectivity index (χ3v) is 4.99. The number of aromatic nitrogens is 2. The molecule has 0 aliphatic carbocycles. The molecule has 25 heavy (non-hydrogen) atoms. The van der Waals surface area contributed by atoms with Gasteiger partial charge >= 0.3 is 5.97 Å². The van der Waals surface area contributed by atoms with Crippen molar-refractivity contribution in [3.8, 4) is 10.9 Å². The third-order valence-electron chi connectivity index (χ3n) is 3.96. The third kappa shape index (κ3) is 2.85. The maximum absolute atomic E-state index is 11.9. The van der Waals surface area contributed by atoms with E-state index in [9.17, 15) is 4.79 Å². The quantitative estimate of drug-likeness (QED) is 0.510. The van der Waals surface area contributed by atoms with Crippen LogP contribution in [0.3, 0.4) is 0 Å². The Labute approximate surface area is 148 Å². The molecule has 2 aromatic carbocycles. The highest BCUT2D eigenvalue weighted by atomic mass is 32.1. The van der Waals surface area contributed by atoms with E-state index in [-0.39, 0.29) is 5.97 Å². The summed E-state index contributed by atoms with van der Waals surface area (Å²) in [6, 6.07) is 11.4. The summed E-state index contributed by atoms with van der Waals surface area (Å²) < 4.78 is 13.3. The van der Waals surface area contributed by atoms with Gasteiger partial charge in [0.25, 0.3) is 0 Å². The summed E-state index contributed by atoms with van der Waals surface area (Å²) in [4.78, 5) is 16.6. The Morgan fingerprint density at radius 1 is 1.16 bits per heavy atom. The van der Waals surface area contributed by atoms with Crippen molar-refractivity contribution in [3.63, 3.8) is 0 Å². The van der Waals surface area contributed by atoms with Gasteiger partial charge in [0, 0.05) is 23.2 Å². The molecule has 0 saturated carbocycles. The molecule has 0 fully saturated rings. The molecule has 5 nitrogen and oxygen atoms in total. The molecule has 0 N–H and O–H groups in total. The Bertz CT molecular complexity index is 1080. The number of ether oxygens (including phenoxy) is 2. The number of carbonyl (C=O) groups is 1. The first-order valence-corrected chi connectivity index (χ1v) is 8.73. The molecule has 0 aliphatic rings. The van der Waals surface area contributed by atoms with Crippen molar-refractivity contribution in [3.05, 3.63) is 54.4 Å². The zero-order valence-electron chi connectivity index (χ0n) is 13.9. The predicted octanol–water partition coefficient (Wildman–Crippen LogP) is 4.43. The lowest BCUT2D eigenvalue weighted by Crippen LogP contribution is -2.03. The Kier molecular flexibility index (Phi) is 3.89. The molecule has 0 saturated heterocycles. The van der Waals surface area contributed by atoms with Crippen molar-refractivity contribution in [2.24, 2.45) is 0 Å². The van der Waals surface area contributed by atoms with E-state index in [2.05, 4.69) is 4.98 Å². The average molecular weight is 352 g/mol. The zero-order valence-corrected chi connectivity index (χ0v) is 14.7. The number of esters is 1. The summed E-state index contributed by atoms with van der Waals surface area (Å²) in [5.41, 5.74) is 1.41. The van der Waals surface area contributed by atoms with Crippen molar-refractivity contribution in [2.75, 3.05) is 13.7 Å². The monoisotopic (exact) mass is 352 g/mol. The van der Waals surface area contributed by atoms with Crippen LogP contribution in [0, 0.1) is 0 Å². The van der Waals surface area contributed by atoms with Gasteiger partial charge in [-0.3, -0.25) is 4.57 Å². The topological polar surface area (TPSA) is 53.3 Å². The van der Waals surface area contributed by atoms with Crippen LogP contribution in [-0.2, 0) is 4.74 Å². The van der Waals surface area contributed by atoms with E-state index in [0.717, 1.165) is 31.9 Å². The molecular weight excluding hydrogens is 336 g/mol. The highest BCUT2D eigenvalue weighted by molar-refractivity contribution is 7.20. The van der Waals surface area contributed by atoms with Crippen LogP contribution >= 0.6 is 11.3 Å². The minimum atomic E-state index is -0.307. The molecule has 0 unspecified atom stereocenters. The summed E-state index contributed by atoms with van der Waals surface area (Å²) in [7, 11) is 1.66. The second-order valence-corrected chi connectivity index (χ2v) is 6.57. The van der Waals surface area contributed by atoms with Crippen molar-refractivity contribution in [1.82, 2.24) is 9.55 Å². The van der Waals surface area contributed by atoms with E-state index in [4.69, 9.17) is 9.47 Å². The van der Waals surface area contributed by atoms with Crippen LogP contribution < -0.4 is 4.74 Å². The minimum absolute atomic E-state index is 0.307. The van der Waals surface area contributed by atoms with Crippen LogP contribution in [-0.4, -0.2) is 29.2 Å². The minimum Gasteiger partial charge on any atom is -0.497 e. The van der Waals surface area contributed by atoms with Crippen LogP contribution in [0.1, 0.15) is 17.3 Å². The van der Waals surface area contributed by atoms with E-state index in [0.29, 0.717) is 12.2 Å². The molecule has 0 aliphatic heterocycles. The normalized spacial score (nSPS) is 11.1. The van der Waals surface area contributed by atoms with Gasteiger partial charge in [0.05, 0.1) is 29.5 Å². The van der Waals surface area contributed by atoms with E-state index in [1.165, 1.54) is 11.3 Å². The van der Waals surface area contributed by atoms with Crippen molar-refractivity contribution < 1.29 is 14.3 Å². The molecule has 4 rings (SSSR count). The number of nitrogens with zero attached hydrogens (tertiary/aromatic N) is 2. The fourth-order valence-electron chi connectivity index (χ4n) is 2.72. The Morgan fingerprint density at radius 2 is 2.00 bits per heavy atom. The Morgan fingerprint density at radius 3 is 2.80 bits per heavy atom. The molecule has 0 amide bonds. The lowest BCUT2D eigenvalue weighted by Gasteiger charge is -2.00. The maximum Gasteiger partial charge on any atom is 0.338 e. The van der Waals surface area contributed by atoms with Crippen LogP contribution in [0.15, 0.2) is 48.8 Å². The Hall–Kier alpha value is -2.86. The van der Waals surface area contributed by atoms with Crippen molar-refractivity contribution >= 4 is 38.3 Å². The van der Waals surface area contributed by atoms with Crippen molar-refractivity contribution in [2.45, 2.75) is 6.92 Å². The largest absolute Gasteiger partial charge is 0.497 e. The van der Waals surface area contributed by atoms with Gasteiger partial charge in [0.2, 0.25) is 0 Å². The summed E-state index contributed by atoms with van der Waals surface area (Å²) in [5.74, 6) is 0.520. The average Bonchev–Trinajstić information content (AvgIpc) is 3.24. The molecule has 0 bridgehead atoms. The lowest BCUT2D eigenvalue weighted by molar-refractivity contribution is 0.0526. The van der Waals surface area contributed by atoms with Crippen LogP contribution in [0.2, 0.25) is 0 Å². The first kappa shape index (κ1) is 15.7. The number of methoxy groups -OCH3 is 1. The summed E-state index contributed by atoms with van der Waals surface area (Å²) >= 11 is 1.54. The number of hydrogen-bond donors (Lipinski definition) is 0. The fourth-order valence-corrected chi connectivity index (χ4v) is 3.68. The smallest absolute Gasteiger partial charge is 0.338 e. The van der Waals surface area contributed by atoms with Gasteiger partial charge < -0.3 is 9.47 Å². The highest BCUT2D eigenvalue weighted by Gasteiger charge is 2.12. The molecule has 2 heterocycles. The van der Waals surface area contributed by atoms with Gasteiger partial charge in [-0.05, 0) is 43.3 Å². The molecule has 2 aromatic heterocycles. The highest BCUT2D eigenvalue weighted by Crippen LogP contribution is 2.29. The Balaban J connectivity index is 1.75. The number of benzene rings is 2. The van der Waals surface area contributed by atoms with E-state index in [1.54, 1.807) is 20.1 Å². The van der Waals surface area contributed by atoms with Crippen LogP contribution in [0.5, 0.6) is 5.75 Å². The molecule has 4 aromatic rings. The van der Waals surface area contributed by atoms with E-state index in [1.807, 2.05) is 47.3 Å². The summed E-state index contributed by atoms with van der Waals surface area (Å²) in [6.07, 6.45) is 4.07. The van der Waals surface area contributed by atoms with Gasteiger partial charge in [-0.15, -0.1) is 0 Å². The molecule has 0 spiro atoms. The molecule has 0 atom stereocenters. The van der Waals surface area contributed by atoms with Crippen LogP contribution in [0.25, 0.3) is 26.1 Å². The number of hydrogen-bond acceptors (Lipinski definition) is 5. The second kappa shape index (κ2) is 6.22. The number of rotatable bonds is 4. The zero-order chi connectivity index (χ0) is 17.4. The predicted molar refractivity (Wildman–Crippen MR) is 99.0 cm³/mol. The first-order chi connectivity index (χ1) is 12.2. The van der Waals surface area contributed by atoms with E-state index < -0.39 is 0 Å². The van der Waals surface area contributed by atoms with Gasteiger partial charge in [-0.1, -0.05) is 11.3 Å². The summed E-state index contributed by atoms with van der Waals surface area (Å²) in [6.45, 7) is 2.16. The molecule has 0 radical (unpaired) electrons. The number of fused-ring (bicyclic) bond motifs is 2. The molecule has 6 heteroatoms. The number of thiazole rings is 1. The fraction of sp³-hybridized carbons (Fsp3) is 0.158. The first-order valence-electron chi connectivity index (χ1n) is 7.92. The van der Waals surface area contributed by atoms with Crippen LogP contribution in [0.4, 0.5) is 0 Å². The maximum atomic E-state index is 11.9. The van der Waals surface area contributed by atoms with Gasteiger partial charge in [-0.25, -0.2) is 9.78 Å².